The Balaban J connectivity index is 1.91. The van der Waals surface area contributed by atoms with Crippen LogP contribution in [0.15, 0.2) is 51.6 Å². The van der Waals surface area contributed by atoms with Crippen LogP contribution in [0.1, 0.15) is 24.3 Å². The van der Waals surface area contributed by atoms with Crippen LogP contribution in [0.2, 0.25) is 0 Å². The largest absolute Gasteiger partial charge is 0.453 e. The molecular formula is C13H14BrNO. The van der Waals surface area contributed by atoms with Crippen molar-refractivity contribution in [2.75, 3.05) is 0 Å². The molecule has 0 saturated carbocycles. The summed E-state index contributed by atoms with van der Waals surface area (Å²) in [6, 6.07) is 14.6. The summed E-state index contributed by atoms with van der Waals surface area (Å²) in [4.78, 5) is 0. The molecule has 0 aliphatic rings. The summed E-state index contributed by atoms with van der Waals surface area (Å²) in [5.41, 5.74) is 1.29. The lowest BCUT2D eigenvalue weighted by Crippen LogP contribution is -2.17. The lowest BCUT2D eigenvalue weighted by atomic mass is 10.1. The number of halogens is 1. The van der Waals surface area contributed by atoms with Crippen LogP contribution in [-0.2, 0) is 6.54 Å². The molecule has 84 valence electrons. The van der Waals surface area contributed by atoms with Crippen LogP contribution in [0.4, 0.5) is 0 Å². The molecular weight excluding hydrogens is 266 g/mol. The second kappa shape index (κ2) is 5.32. The summed E-state index contributed by atoms with van der Waals surface area (Å²) in [7, 11) is 0. The van der Waals surface area contributed by atoms with E-state index in [0.29, 0.717) is 6.04 Å². The molecule has 1 atom stereocenters. The van der Waals surface area contributed by atoms with Crippen molar-refractivity contribution in [1.82, 2.24) is 5.32 Å². The second-order valence-corrected chi connectivity index (χ2v) is 4.50. The van der Waals surface area contributed by atoms with Crippen molar-refractivity contribution < 1.29 is 4.42 Å². The molecule has 0 amide bonds. The molecule has 16 heavy (non-hydrogen) atoms. The number of hydrogen-bond donors (Lipinski definition) is 1. The maximum absolute atomic E-state index is 5.42. The molecule has 0 radical (unpaired) electrons. The summed E-state index contributed by atoms with van der Waals surface area (Å²) < 4.78 is 6.20. The van der Waals surface area contributed by atoms with Crippen LogP contribution in [-0.4, -0.2) is 0 Å². The molecule has 1 aromatic heterocycles. The topological polar surface area (TPSA) is 25.2 Å². The number of hydrogen-bond acceptors (Lipinski definition) is 2. The second-order valence-electron chi connectivity index (χ2n) is 3.72. The first-order chi connectivity index (χ1) is 7.75. The summed E-state index contributed by atoms with van der Waals surface area (Å²) >= 11 is 3.29. The molecule has 0 aliphatic carbocycles. The standard InChI is InChI=1S/C13H14BrNO/c1-10(11-5-3-2-4-6-11)15-9-12-7-8-13(14)16-12/h2-8,10,15H,9H2,1H3. The Kier molecular flexibility index (Phi) is 3.80. The SMILES string of the molecule is CC(NCc1ccc(Br)o1)c1ccccc1. The van der Waals surface area contributed by atoms with Crippen molar-refractivity contribution in [3.05, 3.63) is 58.5 Å². The highest BCUT2D eigenvalue weighted by Gasteiger charge is 2.05. The first-order valence-corrected chi connectivity index (χ1v) is 6.07. The quantitative estimate of drug-likeness (QED) is 0.919. The fourth-order valence-corrected chi connectivity index (χ4v) is 1.90. The van der Waals surface area contributed by atoms with Crippen LogP contribution in [0, 0.1) is 0 Å². The Labute approximate surface area is 104 Å². The van der Waals surface area contributed by atoms with Gasteiger partial charge in [0, 0.05) is 6.04 Å². The van der Waals surface area contributed by atoms with E-state index in [0.717, 1.165) is 17.0 Å². The van der Waals surface area contributed by atoms with Crippen LogP contribution in [0.5, 0.6) is 0 Å². The summed E-state index contributed by atoms with van der Waals surface area (Å²) in [5.74, 6) is 0.939. The smallest absolute Gasteiger partial charge is 0.169 e. The van der Waals surface area contributed by atoms with Crippen LogP contribution in [0.25, 0.3) is 0 Å². The first kappa shape index (κ1) is 11.4. The number of benzene rings is 1. The Bertz CT molecular complexity index is 438. The molecule has 2 aromatic rings. The molecule has 1 heterocycles. The molecule has 0 aliphatic heterocycles. The summed E-state index contributed by atoms with van der Waals surface area (Å²) in [6.45, 7) is 2.88. The van der Waals surface area contributed by atoms with Gasteiger partial charge in [-0.05, 0) is 40.5 Å². The van der Waals surface area contributed by atoms with Gasteiger partial charge >= 0.3 is 0 Å². The fourth-order valence-electron chi connectivity index (χ4n) is 1.56. The Hall–Kier alpha value is -1.06. The zero-order chi connectivity index (χ0) is 11.4. The van der Waals surface area contributed by atoms with E-state index in [1.165, 1.54) is 5.56 Å². The molecule has 0 saturated heterocycles. The number of furan rings is 1. The van der Waals surface area contributed by atoms with E-state index in [2.05, 4.69) is 52.4 Å². The van der Waals surface area contributed by atoms with Gasteiger partial charge in [0.15, 0.2) is 4.67 Å². The zero-order valence-corrected chi connectivity index (χ0v) is 10.7. The van der Waals surface area contributed by atoms with Gasteiger partial charge in [-0.3, -0.25) is 0 Å². The van der Waals surface area contributed by atoms with E-state index in [9.17, 15) is 0 Å². The molecule has 3 heteroatoms. The average Bonchev–Trinajstić information content (AvgIpc) is 2.73. The van der Waals surface area contributed by atoms with Gasteiger partial charge in [0.1, 0.15) is 5.76 Å². The summed E-state index contributed by atoms with van der Waals surface area (Å²) in [6.07, 6.45) is 0. The van der Waals surface area contributed by atoms with Gasteiger partial charge in [0.25, 0.3) is 0 Å². The third-order valence-electron chi connectivity index (χ3n) is 2.51. The maximum Gasteiger partial charge on any atom is 0.169 e. The predicted octanol–water partition coefficient (Wildman–Crippen LogP) is 3.89. The Morgan fingerprint density at radius 2 is 1.94 bits per heavy atom. The fraction of sp³-hybridized carbons (Fsp3) is 0.231. The molecule has 2 rings (SSSR count). The van der Waals surface area contributed by atoms with Crippen LogP contribution < -0.4 is 5.32 Å². The third kappa shape index (κ3) is 2.97. The van der Waals surface area contributed by atoms with Gasteiger partial charge in [0.2, 0.25) is 0 Å². The molecule has 1 N–H and O–H groups in total. The van der Waals surface area contributed by atoms with E-state index in [1.807, 2.05) is 18.2 Å². The van der Waals surface area contributed by atoms with E-state index >= 15 is 0 Å². The monoisotopic (exact) mass is 279 g/mol. The average molecular weight is 280 g/mol. The van der Waals surface area contributed by atoms with Crippen molar-refractivity contribution in [3.63, 3.8) is 0 Å². The highest BCUT2D eigenvalue weighted by atomic mass is 79.9. The van der Waals surface area contributed by atoms with Crippen molar-refractivity contribution >= 4 is 15.9 Å². The lowest BCUT2D eigenvalue weighted by Gasteiger charge is -2.12. The maximum atomic E-state index is 5.42. The first-order valence-electron chi connectivity index (χ1n) is 5.28. The van der Waals surface area contributed by atoms with Crippen molar-refractivity contribution in [3.8, 4) is 0 Å². The molecule has 0 spiro atoms. The van der Waals surface area contributed by atoms with E-state index in [4.69, 9.17) is 4.42 Å². The molecule has 2 nitrogen and oxygen atoms in total. The Morgan fingerprint density at radius 1 is 1.19 bits per heavy atom. The predicted molar refractivity (Wildman–Crippen MR) is 68.1 cm³/mol. The third-order valence-corrected chi connectivity index (χ3v) is 2.94. The van der Waals surface area contributed by atoms with Gasteiger partial charge in [-0.2, -0.15) is 0 Å². The molecule has 1 unspecified atom stereocenters. The van der Waals surface area contributed by atoms with Crippen LogP contribution >= 0.6 is 15.9 Å². The molecule has 0 fully saturated rings. The molecule has 0 bridgehead atoms. The highest BCUT2D eigenvalue weighted by molar-refractivity contribution is 9.10. The minimum absolute atomic E-state index is 0.324. The van der Waals surface area contributed by atoms with Gasteiger partial charge in [-0.1, -0.05) is 30.3 Å². The minimum Gasteiger partial charge on any atom is -0.453 e. The van der Waals surface area contributed by atoms with E-state index in [-0.39, 0.29) is 0 Å². The molecule has 1 aromatic carbocycles. The van der Waals surface area contributed by atoms with Crippen molar-refractivity contribution in [2.24, 2.45) is 0 Å². The normalized spacial score (nSPS) is 12.6. The summed E-state index contributed by atoms with van der Waals surface area (Å²) in [5, 5.41) is 3.41. The van der Waals surface area contributed by atoms with Gasteiger partial charge < -0.3 is 9.73 Å². The van der Waals surface area contributed by atoms with E-state index < -0.39 is 0 Å². The minimum atomic E-state index is 0.324. The number of nitrogens with one attached hydrogen (secondary N) is 1. The highest BCUT2D eigenvalue weighted by Crippen LogP contribution is 2.16. The van der Waals surface area contributed by atoms with Gasteiger partial charge in [0.05, 0.1) is 6.54 Å². The van der Waals surface area contributed by atoms with Crippen molar-refractivity contribution in [2.45, 2.75) is 19.5 Å². The Morgan fingerprint density at radius 3 is 2.56 bits per heavy atom. The lowest BCUT2D eigenvalue weighted by molar-refractivity contribution is 0.447. The zero-order valence-electron chi connectivity index (χ0n) is 9.11. The van der Waals surface area contributed by atoms with Crippen LogP contribution in [0.3, 0.4) is 0 Å². The van der Waals surface area contributed by atoms with Gasteiger partial charge in [-0.25, -0.2) is 0 Å². The van der Waals surface area contributed by atoms with E-state index in [1.54, 1.807) is 0 Å². The number of rotatable bonds is 4. The van der Waals surface area contributed by atoms with Crippen molar-refractivity contribution in [1.29, 1.82) is 0 Å². The van der Waals surface area contributed by atoms with Gasteiger partial charge in [-0.15, -0.1) is 0 Å².